The lowest BCUT2D eigenvalue weighted by Gasteiger charge is -2.38. The fraction of sp³-hybridized carbons (Fsp3) is 0.647. The molecule has 3 heterocycles. The van der Waals surface area contributed by atoms with Crippen molar-refractivity contribution in [3.63, 3.8) is 0 Å². The summed E-state index contributed by atoms with van der Waals surface area (Å²) in [6.07, 6.45) is -2.35. The molecule has 0 spiro atoms. The lowest BCUT2D eigenvalue weighted by molar-refractivity contribution is -0.137. The summed E-state index contributed by atoms with van der Waals surface area (Å²) in [6.45, 7) is 2.02. The number of hydrogen-bond donors (Lipinski definition) is 1. The first-order valence-corrected chi connectivity index (χ1v) is 8.72. The van der Waals surface area contributed by atoms with Gasteiger partial charge in [0.1, 0.15) is 11.9 Å². The quantitative estimate of drug-likeness (QED) is 0.826. The Hall–Kier alpha value is -1.90. The minimum absolute atomic E-state index is 0.00612. The number of carbonyl (C=O) groups is 1. The molecule has 2 aliphatic rings. The molecule has 0 bridgehead atoms. The predicted octanol–water partition coefficient (Wildman–Crippen LogP) is 2.47. The maximum atomic E-state index is 13.5. The molecule has 2 saturated heterocycles. The lowest BCUT2D eigenvalue weighted by Crippen LogP contribution is -2.44. The van der Waals surface area contributed by atoms with Gasteiger partial charge in [0.25, 0.3) is 5.91 Å². The highest BCUT2D eigenvalue weighted by atomic mass is 19.4. The number of rotatable bonds is 3. The van der Waals surface area contributed by atoms with Gasteiger partial charge in [-0.1, -0.05) is 0 Å². The van der Waals surface area contributed by atoms with Gasteiger partial charge in [-0.25, -0.2) is 9.37 Å². The molecule has 1 aromatic heterocycles. The van der Waals surface area contributed by atoms with Gasteiger partial charge in [0.2, 0.25) is 0 Å². The van der Waals surface area contributed by atoms with E-state index in [1.807, 2.05) is 0 Å². The van der Waals surface area contributed by atoms with E-state index in [1.54, 1.807) is 4.90 Å². The first-order valence-electron chi connectivity index (χ1n) is 8.72. The molecule has 3 rings (SSSR count). The van der Waals surface area contributed by atoms with E-state index in [0.29, 0.717) is 45.4 Å². The SMILES string of the molecule is CNC(=O)c1cc(C(F)(F)F)c(N2CCC(N3CCC(F)C3)CC2)cn1. The molecule has 5 nitrogen and oxygen atoms in total. The average Bonchev–Trinajstić information content (AvgIpc) is 3.06. The zero-order valence-corrected chi connectivity index (χ0v) is 14.5. The molecule has 0 saturated carbocycles. The summed E-state index contributed by atoms with van der Waals surface area (Å²) in [5.74, 6) is -0.657. The molecular formula is C17H22F4N4O. The summed E-state index contributed by atoms with van der Waals surface area (Å²) in [5, 5.41) is 2.28. The lowest BCUT2D eigenvalue weighted by atomic mass is 10.0. The second-order valence-electron chi connectivity index (χ2n) is 6.76. The zero-order chi connectivity index (χ0) is 18.9. The summed E-state index contributed by atoms with van der Waals surface area (Å²) in [6, 6.07) is 1.01. The summed E-state index contributed by atoms with van der Waals surface area (Å²) in [7, 11) is 1.34. The molecular weight excluding hydrogens is 352 g/mol. The van der Waals surface area contributed by atoms with Crippen LogP contribution >= 0.6 is 0 Å². The van der Waals surface area contributed by atoms with E-state index < -0.39 is 23.8 Å². The van der Waals surface area contributed by atoms with E-state index in [2.05, 4.69) is 15.2 Å². The largest absolute Gasteiger partial charge is 0.418 e. The van der Waals surface area contributed by atoms with E-state index in [4.69, 9.17) is 0 Å². The van der Waals surface area contributed by atoms with Crippen LogP contribution in [0.3, 0.4) is 0 Å². The van der Waals surface area contributed by atoms with Crippen molar-refractivity contribution in [2.45, 2.75) is 37.7 Å². The Labute approximate surface area is 149 Å². The molecule has 1 amide bonds. The van der Waals surface area contributed by atoms with Crippen molar-refractivity contribution in [3.05, 3.63) is 23.5 Å². The van der Waals surface area contributed by atoms with Crippen LogP contribution in [-0.4, -0.2) is 61.2 Å². The molecule has 0 aromatic carbocycles. The van der Waals surface area contributed by atoms with Crippen LogP contribution in [0.25, 0.3) is 0 Å². The van der Waals surface area contributed by atoms with Gasteiger partial charge in [-0.15, -0.1) is 0 Å². The number of amides is 1. The van der Waals surface area contributed by atoms with Crippen LogP contribution in [0.5, 0.6) is 0 Å². The van der Waals surface area contributed by atoms with Crippen molar-refractivity contribution in [2.24, 2.45) is 0 Å². The van der Waals surface area contributed by atoms with Crippen molar-refractivity contribution in [1.82, 2.24) is 15.2 Å². The third-order valence-corrected chi connectivity index (χ3v) is 5.13. The highest BCUT2D eigenvalue weighted by molar-refractivity contribution is 5.92. The number of halogens is 4. The van der Waals surface area contributed by atoms with Crippen molar-refractivity contribution in [1.29, 1.82) is 0 Å². The number of alkyl halides is 4. The number of piperidine rings is 1. The van der Waals surface area contributed by atoms with Gasteiger partial charge in [0.05, 0.1) is 17.4 Å². The summed E-state index contributed by atoms with van der Waals surface area (Å²) >= 11 is 0. The van der Waals surface area contributed by atoms with Crippen LogP contribution in [0, 0.1) is 0 Å². The zero-order valence-electron chi connectivity index (χ0n) is 14.5. The molecule has 0 aliphatic carbocycles. The predicted molar refractivity (Wildman–Crippen MR) is 89.0 cm³/mol. The van der Waals surface area contributed by atoms with Gasteiger partial charge in [-0.3, -0.25) is 9.69 Å². The molecule has 9 heteroatoms. The molecule has 2 aliphatic heterocycles. The van der Waals surface area contributed by atoms with Crippen LogP contribution in [0.1, 0.15) is 35.3 Å². The highest BCUT2D eigenvalue weighted by Gasteiger charge is 2.38. The van der Waals surface area contributed by atoms with Gasteiger partial charge in [0, 0.05) is 39.3 Å². The molecule has 0 radical (unpaired) electrons. The average molecular weight is 374 g/mol. The Morgan fingerprint density at radius 1 is 1.23 bits per heavy atom. The van der Waals surface area contributed by atoms with Crippen LogP contribution in [-0.2, 0) is 6.18 Å². The minimum Gasteiger partial charge on any atom is -0.370 e. The first-order chi connectivity index (χ1) is 12.3. The summed E-state index contributed by atoms with van der Waals surface area (Å²) in [5.41, 5.74) is -1.12. The minimum atomic E-state index is -4.58. The normalized spacial score (nSPS) is 22.7. The second-order valence-corrected chi connectivity index (χ2v) is 6.76. The van der Waals surface area contributed by atoms with Gasteiger partial charge in [0.15, 0.2) is 0 Å². The van der Waals surface area contributed by atoms with Gasteiger partial charge in [-0.05, 0) is 25.3 Å². The smallest absolute Gasteiger partial charge is 0.370 e. The van der Waals surface area contributed by atoms with Gasteiger partial charge in [-0.2, -0.15) is 13.2 Å². The van der Waals surface area contributed by atoms with Crippen LogP contribution in [0.4, 0.5) is 23.2 Å². The molecule has 1 atom stereocenters. The van der Waals surface area contributed by atoms with Crippen molar-refractivity contribution < 1.29 is 22.4 Å². The Bertz CT molecular complexity index is 659. The number of nitrogens with one attached hydrogen (secondary N) is 1. The molecule has 2 fully saturated rings. The van der Waals surface area contributed by atoms with Crippen molar-refractivity contribution in [2.75, 3.05) is 38.1 Å². The first kappa shape index (κ1) is 18.9. The van der Waals surface area contributed by atoms with Crippen LogP contribution in [0.2, 0.25) is 0 Å². The topological polar surface area (TPSA) is 48.5 Å². The van der Waals surface area contributed by atoms with Crippen LogP contribution < -0.4 is 10.2 Å². The van der Waals surface area contributed by atoms with E-state index in [9.17, 15) is 22.4 Å². The number of hydrogen-bond acceptors (Lipinski definition) is 4. The van der Waals surface area contributed by atoms with E-state index in [0.717, 1.165) is 12.3 Å². The maximum absolute atomic E-state index is 13.5. The summed E-state index contributed by atoms with van der Waals surface area (Å²) < 4.78 is 53.8. The Balaban J connectivity index is 1.76. The van der Waals surface area contributed by atoms with Crippen LogP contribution in [0.15, 0.2) is 12.3 Å². The number of nitrogens with zero attached hydrogens (tertiary/aromatic N) is 3. The molecule has 1 aromatic rings. The number of anilines is 1. The molecule has 1 unspecified atom stereocenters. The highest BCUT2D eigenvalue weighted by Crippen LogP contribution is 2.38. The molecule has 1 N–H and O–H groups in total. The Morgan fingerprint density at radius 3 is 2.46 bits per heavy atom. The van der Waals surface area contributed by atoms with Gasteiger partial charge < -0.3 is 10.2 Å². The fourth-order valence-electron chi connectivity index (χ4n) is 3.73. The maximum Gasteiger partial charge on any atom is 0.418 e. The fourth-order valence-corrected chi connectivity index (χ4v) is 3.73. The standard InChI is InChI=1S/C17H22F4N4O/c1-22-16(26)14-8-13(17(19,20)21)15(9-23-14)24-6-3-12(4-7-24)25-5-2-11(18)10-25/h8-9,11-12H,2-7,10H2,1H3,(H,22,26). The summed E-state index contributed by atoms with van der Waals surface area (Å²) in [4.78, 5) is 19.3. The Morgan fingerprint density at radius 2 is 1.92 bits per heavy atom. The van der Waals surface area contributed by atoms with Gasteiger partial charge >= 0.3 is 6.18 Å². The Kier molecular flexibility index (Phi) is 5.36. The van der Waals surface area contributed by atoms with E-state index in [1.165, 1.54) is 7.05 Å². The van der Waals surface area contributed by atoms with E-state index >= 15 is 0 Å². The molecule has 144 valence electrons. The number of carbonyl (C=O) groups excluding carboxylic acids is 1. The number of aromatic nitrogens is 1. The number of likely N-dealkylation sites (tertiary alicyclic amines) is 1. The van der Waals surface area contributed by atoms with Crippen molar-refractivity contribution in [3.8, 4) is 0 Å². The molecule has 26 heavy (non-hydrogen) atoms. The number of pyridine rings is 1. The monoisotopic (exact) mass is 374 g/mol. The third kappa shape index (κ3) is 3.92. The third-order valence-electron chi connectivity index (χ3n) is 5.13. The van der Waals surface area contributed by atoms with E-state index in [-0.39, 0.29) is 17.4 Å². The second kappa shape index (κ2) is 7.38. The van der Waals surface area contributed by atoms with Crippen molar-refractivity contribution >= 4 is 11.6 Å².